The van der Waals surface area contributed by atoms with E-state index in [1.165, 1.54) is 98.7 Å². The number of fused-ring (bicyclic) bond motifs is 5. The normalized spacial score (nSPS) is 11.3. The van der Waals surface area contributed by atoms with Gasteiger partial charge in [0.1, 0.15) is 0 Å². The Morgan fingerprint density at radius 1 is 0.536 bits per heavy atom. The van der Waals surface area contributed by atoms with Gasteiger partial charge in [-0.15, -0.1) is 74.6 Å². The van der Waals surface area contributed by atoms with Crippen molar-refractivity contribution in [2.45, 2.75) is 67.2 Å². The second-order valence-corrected chi connectivity index (χ2v) is 20.3. The van der Waals surface area contributed by atoms with Crippen LogP contribution in [-0.4, -0.2) is 9.52 Å². The Bertz CT molecular complexity index is 2390. The summed E-state index contributed by atoms with van der Waals surface area (Å²) >= 11 is -0.826. The number of hydrogen-bond acceptors (Lipinski definition) is 0. The van der Waals surface area contributed by atoms with Crippen molar-refractivity contribution >= 4 is 58.5 Å². The molecule has 0 unspecified atom stereocenters. The quantitative estimate of drug-likeness (QED) is 0.122. The molecule has 1 aliphatic rings. The van der Waals surface area contributed by atoms with Gasteiger partial charge in [0.25, 0.3) is 0 Å². The Hall–Kier alpha value is -3.78. The van der Waals surface area contributed by atoms with Gasteiger partial charge in [0.05, 0.1) is 9.52 Å². The molecule has 0 aromatic heterocycles. The largest absolute Gasteiger partial charge is 0.184 e. The zero-order valence-electron chi connectivity index (χ0n) is 33.7. The molecule has 56 heavy (non-hydrogen) atoms. The van der Waals surface area contributed by atoms with E-state index < -0.39 is 20.8 Å². The Labute approximate surface area is 356 Å². The molecule has 0 atom stereocenters. The van der Waals surface area contributed by atoms with E-state index in [0.29, 0.717) is 11.8 Å². The van der Waals surface area contributed by atoms with Crippen LogP contribution in [0.4, 0.5) is 0 Å². The van der Waals surface area contributed by atoms with E-state index in [-0.39, 0.29) is 0 Å². The summed E-state index contributed by atoms with van der Waals surface area (Å²) in [6.07, 6.45) is 0. The standard InChI is InChI=1S/2C20H21.C12H7Si.2ClH.Zr/c2*1-13(2)17-10-9-16-11-14(3)12-19(16)20(17)18-8-6-5-7-15(18)4;1-3-7-11-9(5-1)10-6-2-4-8-12(10)13-11;;;/h2*5-13H,1-4H3;1-7H;2*1H;/q3*-1;;;+2/p-2. The van der Waals surface area contributed by atoms with Crippen LogP contribution in [0.1, 0.15) is 72.9 Å². The molecule has 8 aromatic carbocycles. The number of halogens is 2. The predicted octanol–water partition coefficient (Wildman–Crippen LogP) is 14.4. The van der Waals surface area contributed by atoms with E-state index >= 15 is 0 Å². The van der Waals surface area contributed by atoms with Crippen LogP contribution in [0.15, 0.2) is 140 Å². The maximum absolute atomic E-state index is 4.93. The molecular weight excluding hydrogens is 815 g/mol. The van der Waals surface area contributed by atoms with Gasteiger partial charge in [0.2, 0.25) is 0 Å². The average molecular weight is 864 g/mol. The van der Waals surface area contributed by atoms with Crippen LogP contribution in [0.25, 0.3) is 54.9 Å². The molecule has 0 saturated heterocycles. The Balaban J connectivity index is 0.000000140. The van der Waals surface area contributed by atoms with Crippen LogP contribution in [0.5, 0.6) is 0 Å². The molecule has 0 bridgehead atoms. The topological polar surface area (TPSA) is 0 Å². The van der Waals surface area contributed by atoms with Crippen molar-refractivity contribution in [3.63, 3.8) is 0 Å². The number of aryl methyl sites for hydroxylation is 4. The molecule has 0 nitrogen and oxygen atoms in total. The molecular formula is C52H49Cl2SiZr-3. The third kappa shape index (κ3) is 9.33. The van der Waals surface area contributed by atoms with Crippen molar-refractivity contribution in [3.8, 4) is 33.4 Å². The first-order valence-corrected chi connectivity index (χ1v) is 26.7. The zero-order chi connectivity index (χ0) is 39.9. The van der Waals surface area contributed by atoms with Crippen LogP contribution in [0.2, 0.25) is 0 Å². The van der Waals surface area contributed by atoms with Crippen molar-refractivity contribution in [2.24, 2.45) is 0 Å². The molecule has 0 amide bonds. The van der Waals surface area contributed by atoms with Crippen molar-refractivity contribution < 1.29 is 20.8 Å². The Morgan fingerprint density at radius 3 is 1.43 bits per heavy atom. The summed E-state index contributed by atoms with van der Waals surface area (Å²) < 4.78 is 0. The van der Waals surface area contributed by atoms with Crippen LogP contribution >= 0.6 is 17.0 Å². The van der Waals surface area contributed by atoms with E-state index in [9.17, 15) is 0 Å². The van der Waals surface area contributed by atoms with E-state index in [4.69, 9.17) is 17.0 Å². The van der Waals surface area contributed by atoms with Crippen LogP contribution in [0.3, 0.4) is 0 Å². The summed E-state index contributed by atoms with van der Waals surface area (Å²) in [5.74, 6) is 1.06. The summed E-state index contributed by atoms with van der Waals surface area (Å²) in [7, 11) is 10.7. The van der Waals surface area contributed by atoms with Gasteiger partial charge < -0.3 is 0 Å². The number of hydrogen-bond donors (Lipinski definition) is 0. The molecule has 0 aliphatic carbocycles. The van der Waals surface area contributed by atoms with Crippen molar-refractivity contribution in [1.82, 2.24) is 0 Å². The monoisotopic (exact) mass is 861 g/mol. The summed E-state index contributed by atoms with van der Waals surface area (Å²) in [4.78, 5) is 0. The first kappa shape index (κ1) is 41.8. The maximum atomic E-state index is 4.93. The van der Waals surface area contributed by atoms with E-state index in [2.05, 4.69) is 195 Å². The van der Waals surface area contributed by atoms with E-state index in [1.54, 1.807) is 0 Å². The number of rotatable bonds is 4. The molecule has 282 valence electrons. The minimum absolute atomic E-state index is 0.532. The fraction of sp³-hybridized carbons (Fsp3) is 0.192. The van der Waals surface area contributed by atoms with Gasteiger partial charge in [-0.05, 0) is 47.9 Å². The smallest absolute Gasteiger partial charge is 0.0920 e. The summed E-state index contributed by atoms with van der Waals surface area (Å²) in [6, 6.07) is 53.9. The minimum atomic E-state index is -0.826. The van der Waals surface area contributed by atoms with Crippen LogP contribution in [-0.2, 0) is 20.8 Å². The van der Waals surface area contributed by atoms with Crippen LogP contribution in [0, 0.1) is 33.8 Å². The first-order valence-electron chi connectivity index (χ1n) is 19.4. The fourth-order valence-corrected chi connectivity index (χ4v) is 9.20. The molecule has 8 aromatic rings. The SMILES string of the molecule is Cc1cc2c(-c3ccccc3C)c(C(C)C)ccc2[cH-]1.Cc1cc2c(-c3ccccc3C)c(C(C)C)ccc2[cH-]1.[Cl][Zr][Cl].[c-]1cccc2c1[Si]c1ccccc1-2. The van der Waals surface area contributed by atoms with Gasteiger partial charge in [-0.3, -0.25) is 0 Å². The molecule has 9 rings (SSSR count). The molecule has 2 radical (unpaired) electrons. The Kier molecular flexibility index (Phi) is 14.3. The van der Waals surface area contributed by atoms with Crippen molar-refractivity contribution in [2.75, 3.05) is 0 Å². The van der Waals surface area contributed by atoms with E-state index in [0.717, 1.165) is 9.52 Å². The van der Waals surface area contributed by atoms with Crippen molar-refractivity contribution in [1.29, 1.82) is 0 Å². The van der Waals surface area contributed by atoms with Gasteiger partial charge in [0.15, 0.2) is 0 Å². The second kappa shape index (κ2) is 19.1. The van der Waals surface area contributed by atoms with Gasteiger partial charge in [-0.25, -0.2) is 0 Å². The summed E-state index contributed by atoms with van der Waals surface area (Å²) in [6.45, 7) is 17.9. The predicted molar refractivity (Wildman–Crippen MR) is 245 cm³/mol. The Morgan fingerprint density at radius 2 is 0.964 bits per heavy atom. The minimum Gasteiger partial charge on any atom is -0.184 e. The first-order chi connectivity index (χ1) is 27.0. The molecule has 0 saturated carbocycles. The fourth-order valence-electron chi connectivity index (χ4n) is 7.89. The van der Waals surface area contributed by atoms with Crippen LogP contribution < -0.4 is 10.4 Å². The summed E-state index contributed by atoms with van der Waals surface area (Å²) in [5, 5.41) is 8.31. The van der Waals surface area contributed by atoms with Gasteiger partial charge >= 0.3 is 37.9 Å². The molecule has 4 heteroatoms. The third-order valence-corrected chi connectivity index (χ3v) is 11.9. The summed E-state index contributed by atoms with van der Waals surface area (Å²) in [5.41, 5.74) is 16.6. The molecule has 1 aliphatic heterocycles. The molecule has 1 heterocycles. The van der Waals surface area contributed by atoms with Crippen molar-refractivity contribution in [3.05, 3.63) is 179 Å². The van der Waals surface area contributed by atoms with E-state index in [1.807, 2.05) is 6.07 Å². The zero-order valence-corrected chi connectivity index (χ0v) is 38.7. The third-order valence-electron chi connectivity index (χ3n) is 10.5. The second-order valence-electron chi connectivity index (χ2n) is 15.3. The van der Waals surface area contributed by atoms with Gasteiger partial charge in [0, 0.05) is 0 Å². The molecule has 0 spiro atoms. The van der Waals surface area contributed by atoms with Gasteiger partial charge in [-0.2, -0.15) is 41.6 Å². The average Bonchev–Trinajstić information content (AvgIpc) is 3.88. The van der Waals surface area contributed by atoms with Gasteiger partial charge in [-0.1, -0.05) is 147 Å². The molecule has 0 N–H and O–H groups in total. The molecule has 0 fully saturated rings. The maximum Gasteiger partial charge on any atom is 0.0920 e. The number of benzene rings is 6.